The minimum Gasteiger partial charge on any atom is -0.381 e. The smallest absolute Gasteiger partial charge is 0.0619 e. The van der Waals surface area contributed by atoms with Gasteiger partial charge in [0.1, 0.15) is 0 Å². The summed E-state index contributed by atoms with van der Waals surface area (Å²) in [7, 11) is 0. The van der Waals surface area contributed by atoms with Crippen LogP contribution in [0.2, 0.25) is 0 Å². The van der Waals surface area contributed by atoms with Crippen LogP contribution in [-0.4, -0.2) is 25.9 Å². The quantitative estimate of drug-likeness (QED) is 0.608. The Morgan fingerprint density at radius 3 is 2.42 bits per heavy atom. The van der Waals surface area contributed by atoms with Gasteiger partial charge in [-0.25, -0.2) is 0 Å². The van der Waals surface area contributed by atoms with Gasteiger partial charge in [0.25, 0.3) is 0 Å². The van der Waals surface area contributed by atoms with Crippen LogP contribution in [0.15, 0.2) is 13.2 Å². The van der Waals surface area contributed by atoms with Gasteiger partial charge in [0, 0.05) is 19.8 Å². The number of hydrogen-bond donors (Lipinski definition) is 0. The molecule has 1 saturated heterocycles. The molecule has 2 nitrogen and oxygen atoms in total. The molecule has 12 heavy (non-hydrogen) atoms. The largest absolute Gasteiger partial charge is 0.381 e. The third-order valence-corrected chi connectivity index (χ3v) is 1.73. The second-order valence-electron chi connectivity index (χ2n) is 2.68. The summed E-state index contributed by atoms with van der Waals surface area (Å²) in [6.45, 7) is 10.8. The Morgan fingerprint density at radius 2 is 1.92 bits per heavy atom. The summed E-state index contributed by atoms with van der Waals surface area (Å²) in [6, 6.07) is 0. The summed E-state index contributed by atoms with van der Waals surface area (Å²) < 4.78 is 10.8. The molecule has 72 valence electrons. The van der Waals surface area contributed by atoms with Gasteiger partial charge in [-0.3, -0.25) is 0 Å². The number of hydrogen-bond acceptors (Lipinski definition) is 2. The molecule has 1 rings (SSSR count). The Morgan fingerprint density at radius 1 is 1.33 bits per heavy atom. The summed E-state index contributed by atoms with van der Waals surface area (Å²) in [5.74, 6) is 0. The molecule has 0 spiro atoms. The van der Waals surface area contributed by atoms with Crippen molar-refractivity contribution < 1.29 is 9.47 Å². The molecule has 0 bridgehead atoms. The minimum atomic E-state index is 0.480. The van der Waals surface area contributed by atoms with E-state index in [1.54, 1.807) is 0 Å². The van der Waals surface area contributed by atoms with E-state index in [4.69, 9.17) is 9.47 Å². The Hall–Kier alpha value is -0.340. The summed E-state index contributed by atoms with van der Waals surface area (Å²) in [5.41, 5.74) is 0. The lowest BCUT2D eigenvalue weighted by Gasteiger charge is -2.21. The highest BCUT2D eigenvalue weighted by Crippen LogP contribution is 2.10. The van der Waals surface area contributed by atoms with Crippen LogP contribution >= 0.6 is 0 Å². The maximum absolute atomic E-state index is 5.55. The molecule has 1 aliphatic rings. The molecule has 0 atom stereocenters. The van der Waals surface area contributed by atoms with Crippen LogP contribution in [0.3, 0.4) is 0 Å². The predicted molar refractivity (Wildman–Crippen MR) is 51.3 cm³/mol. The Balaban J connectivity index is 0.000000561. The lowest BCUT2D eigenvalue weighted by atomic mass is 10.1. The molecular formula is C10H20O2. The monoisotopic (exact) mass is 172 g/mol. The van der Waals surface area contributed by atoms with Crippen molar-refractivity contribution in [2.45, 2.75) is 32.3 Å². The van der Waals surface area contributed by atoms with E-state index in [0.29, 0.717) is 6.10 Å². The predicted octanol–water partition coefficient (Wildman–Crippen LogP) is 2.39. The zero-order valence-corrected chi connectivity index (χ0v) is 8.05. The highest BCUT2D eigenvalue weighted by atomic mass is 16.5. The lowest BCUT2D eigenvalue weighted by molar-refractivity contribution is -0.0314. The Kier molecular flexibility index (Phi) is 8.51. The van der Waals surface area contributed by atoms with Crippen LogP contribution in [-0.2, 0) is 9.47 Å². The average Bonchev–Trinajstić information content (AvgIpc) is 2.19. The molecule has 1 fully saturated rings. The third-order valence-electron chi connectivity index (χ3n) is 1.73. The maximum atomic E-state index is 5.55. The van der Waals surface area contributed by atoms with Crippen molar-refractivity contribution in [2.75, 3.05) is 19.8 Å². The fraction of sp³-hybridized carbons (Fsp3) is 0.800. The van der Waals surface area contributed by atoms with Crippen molar-refractivity contribution in [3.8, 4) is 0 Å². The van der Waals surface area contributed by atoms with Gasteiger partial charge in [0.15, 0.2) is 0 Å². The fourth-order valence-electron chi connectivity index (χ4n) is 1.13. The van der Waals surface area contributed by atoms with E-state index in [2.05, 4.69) is 20.1 Å². The molecule has 0 saturated carbocycles. The molecular weight excluding hydrogens is 152 g/mol. The van der Waals surface area contributed by atoms with Crippen LogP contribution < -0.4 is 0 Å². The van der Waals surface area contributed by atoms with Gasteiger partial charge in [0.05, 0.1) is 6.10 Å². The fourth-order valence-corrected chi connectivity index (χ4v) is 1.13. The first-order valence-electron chi connectivity index (χ1n) is 4.63. The normalized spacial score (nSPS) is 18.1. The van der Waals surface area contributed by atoms with Crippen LogP contribution in [0.4, 0.5) is 0 Å². The highest BCUT2D eigenvalue weighted by Gasteiger charge is 2.12. The molecule has 0 aliphatic carbocycles. The number of rotatable bonds is 3. The van der Waals surface area contributed by atoms with E-state index in [-0.39, 0.29) is 0 Å². The molecule has 0 amide bonds. The van der Waals surface area contributed by atoms with Crippen LogP contribution in [0, 0.1) is 0 Å². The maximum Gasteiger partial charge on any atom is 0.0619 e. The van der Waals surface area contributed by atoms with Crippen molar-refractivity contribution in [3.63, 3.8) is 0 Å². The molecule has 0 aromatic heterocycles. The first-order valence-corrected chi connectivity index (χ1v) is 4.63. The highest BCUT2D eigenvalue weighted by molar-refractivity contribution is 4.61. The van der Waals surface area contributed by atoms with Gasteiger partial charge >= 0.3 is 0 Å². The first kappa shape index (κ1) is 11.7. The van der Waals surface area contributed by atoms with Gasteiger partial charge in [-0.2, -0.15) is 0 Å². The Labute approximate surface area is 75.6 Å². The van der Waals surface area contributed by atoms with E-state index < -0.39 is 0 Å². The van der Waals surface area contributed by atoms with Gasteiger partial charge in [-0.1, -0.05) is 6.92 Å². The zero-order chi connectivity index (χ0) is 9.23. The summed E-state index contributed by atoms with van der Waals surface area (Å²) >= 11 is 0. The van der Waals surface area contributed by atoms with E-state index in [1.165, 1.54) is 0 Å². The van der Waals surface area contributed by atoms with Crippen molar-refractivity contribution in [1.29, 1.82) is 0 Å². The second-order valence-corrected chi connectivity index (χ2v) is 2.68. The molecule has 0 unspecified atom stereocenters. The van der Waals surface area contributed by atoms with Crippen molar-refractivity contribution in [2.24, 2.45) is 0 Å². The molecule has 1 aliphatic heterocycles. The second kappa shape index (κ2) is 8.75. The van der Waals surface area contributed by atoms with Gasteiger partial charge in [-0.15, -0.1) is 13.2 Å². The average molecular weight is 172 g/mol. The summed E-state index contributed by atoms with van der Waals surface area (Å²) in [4.78, 5) is 0. The van der Waals surface area contributed by atoms with Crippen molar-refractivity contribution in [3.05, 3.63) is 13.2 Å². The molecule has 0 radical (unpaired) electrons. The van der Waals surface area contributed by atoms with E-state index >= 15 is 0 Å². The van der Waals surface area contributed by atoms with Gasteiger partial charge in [0.2, 0.25) is 0 Å². The van der Waals surface area contributed by atoms with E-state index in [0.717, 1.165) is 39.1 Å². The molecule has 2 heteroatoms. The number of ether oxygens (including phenoxy) is 2. The summed E-state index contributed by atoms with van der Waals surface area (Å²) in [6.07, 6.45) is 3.77. The molecule has 1 heterocycles. The standard InChI is InChI=1S/C8H16O2.C2H4/c1-2-5-10-8-3-6-9-7-4-8;1-2/h8H,2-7H2,1H3;1-2H2. The van der Waals surface area contributed by atoms with Crippen LogP contribution in [0.5, 0.6) is 0 Å². The first-order chi connectivity index (χ1) is 5.93. The summed E-state index contributed by atoms with van der Waals surface area (Å²) in [5, 5.41) is 0. The minimum absolute atomic E-state index is 0.480. The van der Waals surface area contributed by atoms with Crippen molar-refractivity contribution in [1.82, 2.24) is 0 Å². The molecule has 0 aromatic rings. The molecule has 0 aromatic carbocycles. The molecule has 0 N–H and O–H groups in total. The third kappa shape index (κ3) is 5.33. The van der Waals surface area contributed by atoms with Gasteiger partial charge < -0.3 is 9.47 Å². The van der Waals surface area contributed by atoms with Crippen molar-refractivity contribution >= 4 is 0 Å². The topological polar surface area (TPSA) is 18.5 Å². The van der Waals surface area contributed by atoms with E-state index in [9.17, 15) is 0 Å². The van der Waals surface area contributed by atoms with Gasteiger partial charge in [-0.05, 0) is 19.3 Å². The van der Waals surface area contributed by atoms with Crippen LogP contribution in [0.1, 0.15) is 26.2 Å². The zero-order valence-electron chi connectivity index (χ0n) is 8.05. The lowest BCUT2D eigenvalue weighted by Crippen LogP contribution is -2.23. The van der Waals surface area contributed by atoms with Crippen LogP contribution in [0.25, 0.3) is 0 Å². The Bertz CT molecular complexity index is 87.8. The SMILES string of the molecule is C=C.CCCOC1CCOCC1. The van der Waals surface area contributed by atoms with E-state index in [1.807, 2.05) is 0 Å².